The number of nitrogens with one attached hydrogen (secondary N) is 1. The van der Waals surface area contributed by atoms with E-state index in [2.05, 4.69) is 5.32 Å². The molecule has 0 aliphatic heterocycles. The molecule has 0 bridgehead atoms. The lowest BCUT2D eigenvalue weighted by atomic mass is 10.2. The molecular weight excluding hydrogens is 218 g/mol. The summed E-state index contributed by atoms with van der Waals surface area (Å²) in [6, 6.07) is 0. The van der Waals surface area contributed by atoms with Gasteiger partial charge >= 0.3 is 0 Å². The average molecular weight is 245 g/mol. The van der Waals surface area contributed by atoms with E-state index in [4.69, 9.17) is 9.47 Å². The molecule has 0 unspecified atom stereocenters. The van der Waals surface area contributed by atoms with Crippen molar-refractivity contribution in [2.75, 3.05) is 19.8 Å². The summed E-state index contributed by atoms with van der Waals surface area (Å²) >= 11 is 0. The van der Waals surface area contributed by atoms with Crippen LogP contribution in [0.4, 0.5) is 0 Å². The first kappa shape index (κ1) is 16.4. The minimum atomic E-state index is -0.185. The van der Waals surface area contributed by atoms with Crippen LogP contribution in [-0.2, 0) is 14.3 Å². The van der Waals surface area contributed by atoms with Crippen LogP contribution in [0.25, 0.3) is 0 Å². The highest BCUT2D eigenvalue weighted by Crippen LogP contribution is 2.07. The molecule has 0 rings (SSSR count). The molecule has 0 saturated carbocycles. The second-order valence-corrected chi connectivity index (χ2v) is 6.02. The predicted molar refractivity (Wildman–Crippen MR) is 69.0 cm³/mol. The Kier molecular flexibility index (Phi) is 6.72. The number of ether oxygens (including phenoxy) is 2. The first-order valence-electron chi connectivity index (χ1n) is 6.15. The van der Waals surface area contributed by atoms with Gasteiger partial charge in [0.05, 0.1) is 24.4 Å². The lowest BCUT2D eigenvalue weighted by Crippen LogP contribution is -2.31. The predicted octanol–water partition coefficient (Wildman–Crippen LogP) is 2.12. The highest BCUT2D eigenvalue weighted by atomic mass is 16.5. The van der Waals surface area contributed by atoms with Crippen molar-refractivity contribution in [2.45, 2.75) is 59.2 Å². The van der Waals surface area contributed by atoms with Gasteiger partial charge in [-0.2, -0.15) is 0 Å². The van der Waals surface area contributed by atoms with Crippen molar-refractivity contribution in [2.24, 2.45) is 0 Å². The normalized spacial score (nSPS) is 12.6. The summed E-state index contributed by atoms with van der Waals surface area (Å²) < 4.78 is 11.0. The van der Waals surface area contributed by atoms with Gasteiger partial charge in [0.2, 0.25) is 5.91 Å². The van der Waals surface area contributed by atoms with Gasteiger partial charge in [0.15, 0.2) is 0 Å². The highest BCUT2D eigenvalue weighted by Gasteiger charge is 2.12. The Labute approximate surface area is 105 Å². The number of carbonyl (C=O) groups is 1. The minimum absolute atomic E-state index is 0.00626. The van der Waals surface area contributed by atoms with Gasteiger partial charge in [0.1, 0.15) is 0 Å². The number of carbonyl (C=O) groups excluding carboxylic acids is 1. The second-order valence-electron chi connectivity index (χ2n) is 6.02. The van der Waals surface area contributed by atoms with Crippen LogP contribution in [0.15, 0.2) is 0 Å². The molecule has 0 aromatic heterocycles. The standard InChI is InChI=1S/C13H27NO3/c1-12(2,3)16-9-7-11(15)14-8-10-17-13(4,5)6/h7-10H2,1-6H3,(H,14,15). The van der Waals surface area contributed by atoms with E-state index in [1.54, 1.807) is 0 Å². The van der Waals surface area contributed by atoms with Crippen molar-refractivity contribution in [3.63, 3.8) is 0 Å². The molecule has 4 heteroatoms. The van der Waals surface area contributed by atoms with Crippen LogP contribution in [0.1, 0.15) is 48.0 Å². The van der Waals surface area contributed by atoms with Crippen LogP contribution < -0.4 is 5.32 Å². The fourth-order valence-corrected chi connectivity index (χ4v) is 1.09. The topological polar surface area (TPSA) is 47.6 Å². The van der Waals surface area contributed by atoms with Crippen molar-refractivity contribution in [1.29, 1.82) is 0 Å². The Hall–Kier alpha value is -0.610. The van der Waals surface area contributed by atoms with E-state index in [0.29, 0.717) is 26.2 Å². The minimum Gasteiger partial charge on any atom is -0.375 e. The highest BCUT2D eigenvalue weighted by molar-refractivity contribution is 5.75. The second kappa shape index (κ2) is 6.97. The van der Waals surface area contributed by atoms with Crippen molar-refractivity contribution < 1.29 is 14.3 Å². The van der Waals surface area contributed by atoms with Gasteiger partial charge in [-0.1, -0.05) is 0 Å². The average Bonchev–Trinajstić information content (AvgIpc) is 2.09. The summed E-state index contributed by atoms with van der Waals surface area (Å²) in [5, 5.41) is 2.80. The number of rotatable bonds is 6. The fourth-order valence-electron chi connectivity index (χ4n) is 1.09. The van der Waals surface area contributed by atoms with Gasteiger partial charge in [-0.05, 0) is 41.5 Å². The van der Waals surface area contributed by atoms with E-state index in [1.807, 2.05) is 41.5 Å². The van der Waals surface area contributed by atoms with Gasteiger partial charge in [0.25, 0.3) is 0 Å². The van der Waals surface area contributed by atoms with E-state index in [1.165, 1.54) is 0 Å². The summed E-state index contributed by atoms with van der Waals surface area (Å²) in [6.07, 6.45) is 0.396. The Morgan fingerprint density at radius 3 is 1.88 bits per heavy atom. The first-order chi connectivity index (χ1) is 7.60. The molecule has 0 atom stereocenters. The molecule has 0 aliphatic carbocycles. The largest absolute Gasteiger partial charge is 0.375 e. The Morgan fingerprint density at radius 2 is 1.41 bits per heavy atom. The molecule has 102 valence electrons. The maximum absolute atomic E-state index is 11.4. The lowest BCUT2D eigenvalue weighted by molar-refractivity contribution is -0.123. The van der Waals surface area contributed by atoms with Crippen LogP contribution >= 0.6 is 0 Å². The third-order valence-corrected chi connectivity index (χ3v) is 1.82. The molecule has 0 aromatic carbocycles. The molecule has 1 N–H and O–H groups in total. The smallest absolute Gasteiger partial charge is 0.222 e. The number of amides is 1. The van der Waals surface area contributed by atoms with Gasteiger partial charge in [0, 0.05) is 13.0 Å². The Balaban J connectivity index is 3.48. The maximum Gasteiger partial charge on any atom is 0.222 e. The quantitative estimate of drug-likeness (QED) is 0.729. The van der Waals surface area contributed by atoms with Crippen LogP contribution in [0.5, 0.6) is 0 Å². The molecule has 17 heavy (non-hydrogen) atoms. The van der Waals surface area contributed by atoms with Crippen LogP contribution in [-0.4, -0.2) is 36.9 Å². The van der Waals surface area contributed by atoms with Crippen LogP contribution in [0, 0.1) is 0 Å². The summed E-state index contributed by atoms with van der Waals surface area (Å²) in [4.78, 5) is 11.4. The van der Waals surface area contributed by atoms with Crippen molar-refractivity contribution >= 4 is 5.91 Å². The summed E-state index contributed by atoms with van der Waals surface area (Å²) in [5.74, 6) is 0.00626. The Bertz CT molecular complexity index is 226. The lowest BCUT2D eigenvalue weighted by Gasteiger charge is -2.20. The molecule has 0 heterocycles. The van der Waals surface area contributed by atoms with E-state index >= 15 is 0 Å². The van der Waals surface area contributed by atoms with Crippen molar-refractivity contribution in [3.8, 4) is 0 Å². The first-order valence-corrected chi connectivity index (χ1v) is 6.15. The zero-order chi connectivity index (χ0) is 13.5. The SMILES string of the molecule is CC(C)(C)OCCNC(=O)CCOC(C)(C)C. The van der Waals surface area contributed by atoms with Gasteiger partial charge < -0.3 is 14.8 Å². The number of hydrogen-bond acceptors (Lipinski definition) is 3. The summed E-state index contributed by atoms with van der Waals surface area (Å²) in [6.45, 7) is 13.4. The van der Waals surface area contributed by atoms with Gasteiger partial charge in [-0.15, -0.1) is 0 Å². The monoisotopic (exact) mass is 245 g/mol. The number of hydrogen-bond donors (Lipinski definition) is 1. The zero-order valence-electron chi connectivity index (χ0n) is 12.1. The molecule has 0 radical (unpaired) electrons. The molecular formula is C13H27NO3. The molecule has 0 spiro atoms. The molecule has 0 aromatic rings. The summed E-state index contributed by atoms with van der Waals surface area (Å²) in [7, 11) is 0. The van der Waals surface area contributed by atoms with Crippen LogP contribution in [0.3, 0.4) is 0 Å². The van der Waals surface area contributed by atoms with E-state index in [-0.39, 0.29) is 17.1 Å². The third kappa shape index (κ3) is 13.3. The summed E-state index contributed by atoms with van der Waals surface area (Å²) in [5.41, 5.74) is -0.338. The third-order valence-electron chi connectivity index (χ3n) is 1.82. The van der Waals surface area contributed by atoms with Crippen LogP contribution in [0.2, 0.25) is 0 Å². The van der Waals surface area contributed by atoms with Crippen molar-refractivity contribution in [1.82, 2.24) is 5.32 Å². The van der Waals surface area contributed by atoms with Gasteiger partial charge in [-0.25, -0.2) is 0 Å². The van der Waals surface area contributed by atoms with E-state index in [0.717, 1.165) is 0 Å². The maximum atomic E-state index is 11.4. The molecule has 1 amide bonds. The van der Waals surface area contributed by atoms with Gasteiger partial charge in [-0.3, -0.25) is 4.79 Å². The molecule has 4 nitrogen and oxygen atoms in total. The van der Waals surface area contributed by atoms with E-state index < -0.39 is 0 Å². The van der Waals surface area contributed by atoms with E-state index in [9.17, 15) is 4.79 Å². The van der Waals surface area contributed by atoms with Crippen molar-refractivity contribution in [3.05, 3.63) is 0 Å². The fraction of sp³-hybridized carbons (Fsp3) is 0.923. The molecule has 0 fully saturated rings. The molecule has 0 aliphatic rings. The Morgan fingerprint density at radius 1 is 0.941 bits per heavy atom. The zero-order valence-corrected chi connectivity index (χ0v) is 12.1. The molecule has 0 saturated heterocycles.